The number of carbonyl (C=O) groups excluding carboxylic acids is 2. The van der Waals surface area contributed by atoms with Crippen molar-refractivity contribution >= 4 is 39.1 Å². The number of carbonyl (C=O) groups is 2. The first-order valence-corrected chi connectivity index (χ1v) is 17.6. The second-order valence-electron chi connectivity index (χ2n) is 12.1. The van der Waals surface area contributed by atoms with E-state index in [-0.39, 0.29) is 53.1 Å². The molecule has 258 valence electrons. The van der Waals surface area contributed by atoms with Crippen molar-refractivity contribution in [2.75, 3.05) is 48.7 Å². The Bertz CT molecular complexity index is 1680. The third-order valence-corrected chi connectivity index (χ3v) is 10.2. The third-order valence-electron chi connectivity index (χ3n) is 8.55. The summed E-state index contributed by atoms with van der Waals surface area (Å²) >= 11 is 0. The predicted molar refractivity (Wildman–Crippen MR) is 175 cm³/mol. The molecule has 48 heavy (non-hydrogen) atoms. The van der Waals surface area contributed by atoms with Gasteiger partial charge in [-0.1, -0.05) is 12.1 Å². The molecule has 1 aliphatic carbocycles. The van der Waals surface area contributed by atoms with Gasteiger partial charge < -0.3 is 27.0 Å². The van der Waals surface area contributed by atoms with Gasteiger partial charge in [-0.15, -0.1) is 0 Å². The number of benzene rings is 1. The lowest BCUT2D eigenvalue weighted by Gasteiger charge is -2.29. The molecule has 0 bridgehead atoms. The number of urea groups is 1. The molecule has 5 rings (SSSR count). The van der Waals surface area contributed by atoms with Crippen LogP contribution in [0.25, 0.3) is 0 Å². The lowest BCUT2D eigenvalue weighted by atomic mass is 9.83. The van der Waals surface area contributed by atoms with E-state index in [9.17, 15) is 31.2 Å². The van der Waals surface area contributed by atoms with Gasteiger partial charge in [0, 0.05) is 62.3 Å². The molecule has 2 aliphatic rings. The van der Waals surface area contributed by atoms with Crippen molar-refractivity contribution in [3.8, 4) is 0 Å². The van der Waals surface area contributed by atoms with E-state index in [2.05, 4.69) is 26.3 Å². The summed E-state index contributed by atoms with van der Waals surface area (Å²) in [5.74, 6) is 0.237. The average Bonchev–Trinajstić information content (AvgIpc) is 3.05. The van der Waals surface area contributed by atoms with Crippen molar-refractivity contribution in [3.63, 3.8) is 0 Å². The zero-order valence-corrected chi connectivity index (χ0v) is 27.0. The van der Waals surface area contributed by atoms with Crippen molar-refractivity contribution < 1.29 is 31.2 Å². The topological polar surface area (TPSA) is 171 Å². The molecular weight excluding hydrogens is 649 g/mol. The summed E-state index contributed by atoms with van der Waals surface area (Å²) in [4.78, 5) is 36.5. The highest BCUT2D eigenvalue weighted by atomic mass is 32.2. The van der Waals surface area contributed by atoms with E-state index in [0.717, 1.165) is 17.7 Å². The van der Waals surface area contributed by atoms with Crippen LogP contribution < -0.4 is 27.0 Å². The fraction of sp³-hybridized carbons (Fsp3) is 0.438. The second-order valence-corrected chi connectivity index (χ2v) is 14.4. The Morgan fingerprint density at radius 1 is 0.979 bits per heavy atom. The molecule has 1 saturated carbocycles. The molecule has 2 fully saturated rings. The van der Waals surface area contributed by atoms with E-state index in [4.69, 9.17) is 10.7 Å². The monoisotopic (exact) mass is 688 g/mol. The molecule has 0 radical (unpaired) electrons. The van der Waals surface area contributed by atoms with E-state index in [0.29, 0.717) is 63.4 Å². The Hall–Kier alpha value is -4.44. The fourth-order valence-electron chi connectivity index (χ4n) is 5.78. The summed E-state index contributed by atoms with van der Waals surface area (Å²) in [5, 5.41) is 11.6. The molecular formula is C32H39F3N8O4S. The maximum atomic E-state index is 13.4. The number of aromatic nitrogens is 2. The van der Waals surface area contributed by atoms with Gasteiger partial charge in [0.15, 0.2) is 9.84 Å². The van der Waals surface area contributed by atoms with Gasteiger partial charge >= 0.3 is 12.2 Å². The zero-order valence-electron chi connectivity index (χ0n) is 26.2. The van der Waals surface area contributed by atoms with Gasteiger partial charge in [0.1, 0.15) is 11.6 Å². The summed E-state index contributed by atoms with van der Waals surface area (Å²) in [6, 6.07) is 11.2. The predicted octanol–water partition coefficient (Wildman–Crippen LogP) is 3.81. The van der Waals surface area contributed by atoms with Crippen LogP contribution in [-0.2, 0) is 22.6 Å². The maximum Gasteiger partial charge on any atom is 0.416 e. The normalized spacial score (nSPS) is 19.6. The molecule has 2 aromatic heterocycles. The van der Waals surface area contributed by atoms with Gasteiger partial charge in [-0.2, -0.15) is 13.2 Å². The Morgan fingerprint density at radius 2 is 1.73 bits per heavy atom. The minimum Gasteiger partial charge on any atom is -0.384 e. The van der Waals surface area contributed by atoms with Gasteiger partial charge in [0.05, 0.1) is 22.6 Å². The molecule has 0 unspecified atom stereocenters. The van der Waals surface area contributed by atoms with Crippen LogP contribution in [0, 0.1) is 0 Å². The highest BCUT2D eigenvalue weighted by Crippen LogP contribution is 2.35. The number of hydrogen-bond acceptors (Lipinski definition) is 9. The van der Waals surface area contributed by atoms with Crippen LogP contribution >= 0.6 is 0 Å². The summed E-state index contributed by atoms with van der Waals surface area (Å²) < 4.78 is 63.7. The molecule has 0 spiro atoms. The minimum atomic E-state index is -4.54. The quantitative estimate of drug-likeness (QED) is 0.213. The number of halogens is 3. The zero-order chi connectivity index (χ0) is 34.3. The van der Waals surface area contributed by atoms with Crippen LogP contribution in [0.2, 0.25) is 0 Å². The minimum absolute atomic E-state index is 0.0153. The van der Waals surface area contributed by atoms with E-state index < -0.39 is 27.5 Å². The number of anilines is 3. The fourth-order valence-corrected chi connectivity index (χ4v) is 7.06. The first-order chi connectivity index (χ1) is 22.8. The number of rotatable bonds is 10. The Kier molecular flexibility index (Phi) is 11.0. The largest absolute Gasteiger partial charge is 0.416 e. The van der Waals surface area contributed by atoms with Crippen molar-refractivity contribution in [2.24, 2.45) is 0 Å². The number of sulfone groups is 1. The maximum absolute atomic E-state index is 13.4. The first-order valence-electron chi connectivity index (χ1n) is 15.8. The van der Waals surface area contributed by atoms with E-state index in [1.54, 1.807) is 30.5 Å². The molecule has 3 amide bonds. The second kappa shape index (κ2) is 15.2. The molecule has 1 aromatic carbocycles. The van der Waals surface area contributed by atoms with Gasteiger partial charge in [0.2, 0.25) is 0 Å². The van der Waals surface area contributed by atoms with Gasteiger partial charge in [-0.05, 0) is 67.6 Å². The van der Waals surface area contributed by atoms with E-state index >= 15 is 0 Å². The Morgan fingerprint density at radius 3 is 2.42 bits per heavy atom. The van der Waals surface area contributed by atoms with Crippen molar-refractivity contribution in [1.29, 1.82) is 0 Å². The molecule has 6 N–H and O–H groups in total. The third kappa shape index (κ3) is 9.79. The number of nitrogens with zero attached hydrogens (tertiary/aromatic N) is 3. The molecule has 3 aromatic rings. The van der Waals surface area contributed by atoms with Gasteiger partial charge in [-0.3, -0.25) is 9.69 Å². The summed E-state index contributed by atoms with van der Waals surface area (Å²) in [7, 11) is -3.03. The van der Waals surface area contributed by atoms with Crippen LogP contribution in [0.5, 0.6) is 0 Å². The molecule has 3 heterocycles. The number of amides is 3. The van der Waals surface area contributed by atoms with Gasteiger partial charge in [-0.25, -0.2) is 23.2 Å². The number of alkyl halides is 3. The van der Waals surface area contributed by atoms with Crippen LogP contribution in [-0.4, -0.2) is 79.0 Å². The van der Waals surface area contributed by atoms with Crippen molar-refractivity contribution in [1.82, 2.24) is 30.8 Å². The summed E-state index contributed by atoms with van der Waals surface area (Å²) in [5.41, 5.74) is 6.57. The average molecular weight is 689 g/mol. The first kappa shape index (κ1) is 34.9. The van der Waals surface area contributed by atoms with E-state index in [1.165, 1.54) is 12.1 Å². The highest BCUT2D eigenvalue weighted by molar-refractivity contribution is 7.91. The highest BCUT2D eigenvalue weighted by Gasteiger charge is 2.31. The summed E-state index contributed by atoms with van der Waals surface area (Å²) in [6.07, 6.45) is -0.137. The number of nitrogens with two attached hydrogens (primary N) is 1. The molecule has 1 aliphatic heterocycles. The molecule has 12 nitrogen and oxygen atoms in total. The van der Waals surface area contributed by atoms with E-state index in [1.807, 2.05) is 4.90 Å². The van der Waals surface area contributed by atoms with Crippen LogP contribution in [0.1, 0.15) is 58.8 Å². The van der Waals surface area contributed by atoms with Crippen LogP contribution in [0.4, 0.5) is 35.3 Å². The standard InChI is InChI=1S/C32H39F3N8O4S/c33-32(34,35)23-2-1-3-25(18-23)40-29-26(30(44)37-12-13-43-14-16-48(46,47)17-15-43)9-10-27(42-29)22-5-7-24(8-6-22)41-31(45)39-20-21-4-11-28(36)38-19-21/h1-4,9-11,18-19,22,24H,5-8,12-17,20H2,(H2,36,38)(H,37,44)(H,40,42)(H2,39,41,45)/t22-,24+. The lowest BCUT2D eigenvalue weighted by Crippen LogP contribution is -2.43. The number of nitrogens with one attached hydrogen (secondary N) is 4. The van der Waals surface area contributed by atoms with Crippen LogP contribution in [0.15, 0.2) is 54.7 Å². The smallest absolute Gasteiger partial charge is 0.384 e. The Labute approximate surface area is 277 Å². The number of pyridine rings is 2. The lowest BCUT2D eigenvalue weighted by molar-refractivity contribution is -0.137. The van der Waals surface area contributed by atoms with Crippen molar-refractivity contribution in [3.05, 3.63) is 77.1 Å². The van der Waals surface area contributed by atoms with Gasteiger partial charge in [0.25, 0.3) is 5.91 Å². The summed E-state index contributed by atoms with van der Waals surface area (Å²) in [6.45, 7) is 1.80. The molecule has 0 atom stereocenters. The van der Waals surface area contributed by atoms with Crippen LogP contribution in [0.3, 0.4) is 0 Å². The molecule has 1 saturated heterocycles. The Balaban J connectivity index is 1.22. The number of nitrogen functional groups attached to an aromatic ring is 1. The molecule has 16 heteroatoms. The van der Waals surface area contributed by atoms with Crippen molar-refractivity contribution in [2.45, 2.75) is 50.4 Å². The SMILES string of the molecule is Nc1ccc(CNC(=O)N[C@H]2CC[C@@H](c3ccc(C(=O)NCCN4CCS(=O)(=O)CC4)c(Nc4cccc(C(F)(F)F)c4)n3)CC2)cn1. The number of hydrogen-bond donors (Lipinski definition) is 5.